The van der Waals surface area contributed by atoms with Crippen LogP contribution in [0.4, 0.5) is 5.69 Å². The number of ketones is 1. The number of carbonyl (C=O) groups is 1. The van der Waals surface area contributed by atoms with Crippen LogP contribution in [0.25, 0.3) is 12.2 Å². The molecule has 0 saturated carbocycles. The molecule has 3 rings (SSSR count). The summed E-state index contributed by atoms with van der Waals surface area (Å²) in [7, 11) is 7.86. The molecule has 0 N–H and O–H groups in total. The molecule has 0 heterocycles. The summed E-state index contributed by atoms with van der Waals surface area (Å²) in [4.78, 5) is 17.1. The zero-order valence-electron chi connectivity index (χ0n) is 20.5. The first-order valence-corrected chi connectivity index (χ1v) is 10.9. The number of aliphatic imine (C=N–C) groups is 1. The first kappa shape index (κ1) is 25.4. The molecule has 0 unspecified atom stereocenters. The van der Waals surface area contributed by atoms with Crippen molar-refractivity contribution in [3.63, 3.8) is 0 Å². The lowest BCUT2D eigenvalue weighted by molar-refractivity contribution is 0.0998. The van der Waals surface area contributed by atoms with Crippen LogP contribution in [-0.4, -0.2) is 47.5 Å². The smallest absolute Gasteiger partial charge is 0.203 e. The van der Waals surface area contributed by atoms with Crippen LogP contribution in [0.5, 0.6) is 28.7 Å². The molecule has 0 radical (unpaired) electrons. The van der Waals surface area contributed by atoms with Gasteiger partial charge in [-0.3, -0.25) is 9.79 Å². The van der Waals surface area contributed by atoms with E-state index >= 15 is 0 Å². The molecule has 3 aromatic rings. The molecule has 3 aromatic carbocycles. The number of para-hydroxylation sites is 1. The van der Waals surface area contributed by atoms with Crippen molar-refractivity contribution in [3.05, 3.63) is 71.3 Å². The van der Waals surface area contributed by atoms with Gasteiger partial charge in [-0.25, -0.2) is 0 Å². The van der Waals surface area contributed by atoms with Gasteiger partial charge in [-0.15, -0.1) is 0 Å². The van der Waals surface area contributed by atoms with E-state index in [1.807, 2.05) is 48.6 Å². The average molecular weight is 476 g/mol. The highest BCUT2D eigenvalue weighted by atomic mass is 16.5. The second kappa shape index (κ2) is 12.3. The number of ether oxygens (including phenoxy) is 5. The van der Waals surface area contributed by atoms with Gasteiger partial charge in [0.25, 0.3) is 0 Å². The normalized spacial score (nSPS) is 11.0. The van der Waals surface area contributed by atoms with Crippen molar-refractivity contribution in [2.75, 3.05) is 35.5 Å². The van der Waals surface area contributed by atoms with E-state index in [4.69, 9.17) is 23.7 Å². The number of rotatable bonds is 11. The molecule has 0 bridgehead atoms. The molecule has 0 aromatic heterocycles. The molecule has 7 nitrogen and oxygen atoms in total. The zero-order valence-corrected chi connectivity index (χ0v) is 20.5. The van der Waals surface area contributed by atoms with E-state index in [-0.39, 0.29) is 12.2 Å². The molecule has 0 saturated heterocycles. The van der Waals surface area contributed by atoms with Crippen LogP contribution in [0, 0.1) is 0 Å². The fourth-order valence-electron chi connectivity index (χ4n) is 3.51. The van der Waals surface area contributed by atoms with Crippen LogP contribution in [0.1, 0.15) is 27.9 Å². The number of hydrogen-bond acceptors (Lipinski definition) is 7. The first-order chi connectivity index (χ1) is 17.0. The Morgan fingerprint density at radius 3 is 1.97 bits per heavy atom. The standard InChI is InChI=1S/C28H29NO6/c1-31-24-9-7-6-8-21(24)23(30)14-15-29-22-16-19(12-13-25(22)32-2)10-11-20-17-26(33-3)28(35-5)27(18-20)34-4/h6-13,15-18H,14H2,1-5H3/b11-10-,29-15?. The third kappa shape index (κ3) is 6.20. The van der Waals surface area contributed by atoms with Crippen LogP contribution in [0.2, 0.25) is 0 Å². The zero-order chi connectivity index (χ0) is 25.2. The minimum absolute atomic E-state index is 0.0800. The van der Waals surface area contributed by atoms with E-state index in [0.29, 0.717) is 40.0 Å². The predicted octanol–water partition coefficient (Wildman–Crippen LogP) is 5.88. The quantitative estimate of drug-likeness (QED) is 0.196. The van der Waals surface area contributed by atoms with Gasteiger partial charge < -0.3 is 23.7 Å². The van der Waals surface area contributed by atoms with Crippen molar-refractivity contribution < 1.29 is 28.5 Å². The second-order valence-electron chi connectivity index (χ2n) is 7.36. The van der Waals surface area contributed by atoms with Gasteiger partial charge in [-0.05, 0) is 47.5 Å². The lowest BCUT2D eigenvalue weighted by atomic mass is 10.1. The fourth-order valence-corrected chi connectivity index (χ4v) is 3.51. The van der Waals surface area contributed by atoms with Gasteiger partial charge >= 0.3 is 0 Å². The van der Waals surface area contributed by atoms with E-state index in [1.165, 1.54) is 0 Å². The maximum atomic E-state index is 12.6. The highest BCUT2D eigenvalue weighted by molar-refractivity contribution is 6.05. The Balaban J connectivity index is 1.81. The number of benzene rings is 3. The largest absolute Gasteiger partial charge is 0.496 e. The molecule has 35 heavy (non-hydrogen) atoms. The Bertz CT molecular complexity index is 1210. The van der Waals surface area contributed by atoms with E-state index in [2.05, 4.69) is 4.99 Å². The average Bonchev–Trinajstić information content (AvgIpc) is 2.91. The summed E-state index contributed by atoms with van der Waals surface area (Å²) in [6.45, 7) is 0. The van der Waals surface area contributed by atoms with Crippen molar-refractivity contribution in [1.29, 1.82) is 0 Å². The van der Waals surface area contributed by atoms with Crippen molar-refractivity contribution in [3.8, 4) is 28.7 Å². The van der Waals surface area contributed by atoms with E-state index in [9.17, 15) is 4.79 Å². The number of nitrogens with zero attached hydrogens (tertiary/aromatic N) is 1. The summed E-state index contributed by atoms with van der Waals surface area (Å²) in [5.41, 5.74) is 2.92. The molecule has 0 amide bonds. The van der Waals surface area contributed by atoms with Gasteiger partial charge in [0.05, 0.1) is 41.1 Å². The molecule has 0 aliphatic heterocycles. The summed E-state index contributed by atoms with van der Waals surface area (Å²) in [6.07, 6.45) is 5.60. The monoisotopic (exact) mass is 475 g/mol. The lowest BCUT2D eigenvalue weighted by Crippen LogP contribution is -2.02. The van der Waals surface area contributed by atoms with Crippen molar-refractivity contribution in [1.82, 2.24) is 0 Å². The van der Waals surface area contributed by atoms with Gasteiger partial charge in [0.2, 0.25) is 5.75 Å². The Kier molecular flexibility index (Phi) is 8.89. The lowest BCUT2D eigenvalue weighted by Gasteiger charge is -2.12. The highest BCUT2D eigenvalue weighted by Crippen LogP contribution is 2.38. The van der Waals surface area contributed by atoms with Gasteiger partial charge in [-0.2, -0.15) is 0 Å². The number of hydrogen-bond donors (Lipinski definition) is 0. The summed E-state index contributed by atoms with van der Waals surface area (Å²) in [5, 5.41) is 0. The molecule has 0 spiro atoms. The minimum Gasteiger partial charge on any atom is -0.496 e. The Morgan fingerprint density at radius 2 is 1.34 bits per heavy atom. The van der Waals surface area contributed by atoms with Crippen molar-refractivity contribution >= 4 is 29.8 Å². The van der Waals surface area contributed by atoms with Crippen LogP contribution < -0.4 is 23.7 Å². The second-order valence-corrected chi connectivity index (χ2v) is 7.36. The number of carbonyl (C=O) groups excluding carboxylic acids is 1. The minimum atomic E-state index is -0.0800. The van der Waals surface area contributed by atoms with Gasteiger partial charge in [0.15, 0.2) is 17.3 Å². The van der Waals surface area contributed by atoms with Crippen LogP contribution in [0.3, 0.4) is 0 Å². The molecular weight excluding hydrogens is 446 g/mol. The number of methoxy groups -OCH3 is 5. The summed E-state index contributed by atoms with van der Waals surface area (Å²) in [5.74, 6) is 2.76. The summed E-state index contributed by atoms with van der Waals surface area (Å²) >= 11 is 0. The van der Waals surface area contributed by atoms with Crippen molar-refractivity contribution in [2.45, 2.75) is 6.42 Å². The van der Waals surface area contributed by atoms with Gasteiger partial charge in [0.1, 0.15) is 17.2 Å². The Morgan fingerprint density at radius 1 is 0.714 bits per heavy atom. The maximum Gasteiger partial charge on any atom is 0.203 e. The molecule has 182 valence electrons. The maximum absolute atomic E-state index is 12.6. The molecule has 7 heteroatoms. The van der Waals surface area contributed by atoms with Crippen LogP contribution in [-0.2, 0) is 0 Å². The van der Waals surface area contributed by atoms with E-state index in [0.717, 1.165) is 11.1 Å². The highest BCUT2D eigenvalue weighted by Gasteiger charge is 2.12. The molecule has 0 aliphatic carbocycles. The third-order valence-corrected chi connectivity index (χ3v) is 5.27. The topological polar surface area (TPSA) is 75.6 Å². The predicted molar refractivity (Wildman–Crippen MR) is 138 cm³/mol. The molecule has 0 aliphatic rings. The SMILES string of the molecule is COc1ccc(/C=C\c2cc(OC)c(OC)c(OC)c2)cc1N=CCC(=O)c1ccccc1OC. The molecule has 0 atom stereocenters. The van der Waals surface area contributed by atoms with E-state index < -0.39 is 0 Å². The molecular formula is C28H29NO6. The fraction of sp³-hybridized carbons (Fsp3) is 0.214. The van der Waals surface area contributed by atoms with Gasteiger partial charge in [0, 0.05) is 12.6 Å². The Hall–Kier alpha value is -4.26. The van der Waals surface area contributed by atoms with Crippen molar-refractivity contribution in [2.24, 2.45) is 4.99 Å². The van der Waals surface area contributed by atoms with Gasteiger partial charge in [-0.1, -0.05) is 30.4 Å². The summed E-state index contributed by atoms with van der Waals surface area (Å²) < 4.78 is 26.9. The third-order valence-electron chi connectivity index (χ3n) is 5.27. The van der Waals surface area contributed by atoms with E-state index in [1.54, 1.807) is 60.0 Å². The van der Waals surface area contributed by atoms with Crippen LogP contribution >= 0.6 is 0 Å². The first-order valence-electron chi connectivity index (χ1n) is 10.9. The Labute approximate surface area is 205 Å². The number of Topliss-reactive ketones (excluding diaryl/α,β-unsaturated/α-hetero) is 1. The molecule has 0 fully saturated rings. The summed E-state index contributed by atoms with van der Waals surface area (Å²) in [6, 6.07) is 16.5. The van der Waals surface area contributed by atoms with Crippen LogP contribution in [0.15, 0.2) is 59.6 Å².